The second-order valence-electron chi connectivity index (χ2n) is 3.70. The van der Waals surface area contributed by atoms with Gasteiger partial charge in [0.05, 0.1) is 0 Å². The van der Waals surface area contributed by atoms with E-state index < -0.39 is 5.67 Å². The number of alkyl halides is 1. The van der Waals surface area contributed by atoms with E-state index in [-0.39, 0.29) is 0 Å². The maximum absolute atomic E-state index is 13.0. The molecule has 0 saturated carbocycles. The lowest BCUT2D eigenvalue weighted by atomic mass is 10.1. The Morgan fingerprint density at radius 1 is 1.30 bits per heavy atom. The van der Waals surface area contributed by atoms with E-state index in [1.807, 2.05) is 0 Å². The van der Waals surface area contributed by atoms with Crippen molar-refractivity contribution in [2.24, 2.45) is 0 Å². The van der Waals surface area contributed by atoms with Crippen molar-refractivity contribution >= 4 is 0 Å². The summed E-state index contributed by atoms with van der Waals surface area (Å²) in [6.07, 6.45) is 2.49. The van der Waals surface area contributed by atoms with Crippen molar-refractivity contribution < 1.29 is 4.39 Å². The second-order valence-corrected chi connectivity index (χ2v) is 3.70. The van der Waals surface area contributed by atoms with Crippen LogP contribution in [0.5, 0.6) is 0 Å². The fraction of sp³-hybridized carbons (Fsp3) is 1.00. The molecule has 0 atom stereocenters. The summed E-state index contributed by atoms with van der Waals surface area (Å²) in [5.41, 5.74) is -1.01. The zero-order chi connectivity index (χ0) is 7.61. The molecule has 0 aromatic heterocycles. The predicted octanol–water partition coefficient (Wildman–Crippen LogP) is 1.83. The van der Waals surface area contributed by atoms with Gasteiger partial charge >= 0.3 is 0 Å². The summed E-state index contributed by atoms with van der Waals surface area (Å²) in [5.74, 6) is 0. The van der Waals surface area contributed by atoms with Crippen LogP contribution < -0.4 is 0 Å². The summed E-state index contributed by atoms with van der Waals surface area (Å²) in [6, 6.07) is 0. The van der Waals surface area contributed by atoms with Crippen LogP contribution in [0.25, 0.3) is 0 Å². The Bertz CT molecular complexity index is 100. The molecule has 0 aliphatic carbocycles. The van der Waals surface area contributed by atoms with E-state index in [2.05, 4.69) is 4.90 Å². The van der Waals surface area contributed by atoms with Gasteiger partial charge in [-0.15, -0.1) is 0 Å². The van der Waals surface area contributed by atoms with E-state index in [4.69, 9.17) is 0 Å². The first-order chi connectivity index (χ1) is 4.58. The van der Waals surface area contributed by atoms with Crippen molar-refractivity contribution in [3.63, 3.8) is 0 Å². The highest BCUT2D eigenvalue weighted by atomic mass is 19.1. The maximum Gasteiger partial charge on any atom is 0.118 e. The van der Waals surface area contributed by atoms with Gasteiger partial charge < -0.3 is 4.90 Å². The largest absolute Gasteiger partial charge is 0.300 e. The lowest BCUT2D eigenvalue weighted by molar-refractivity contribution is 0.143. The van der Waals surface area contributed by atoms with E-state index >= 15 is 0 Å². The summed E-state index contributed by atoms with van der Waals surface area (Å²) in [5, 5.41) is 0. The van der Waals surface area contributed by atoms with Crippen molar-refractivity contribution in [1.82, 2.24) is 4.90 Å². The summed E-state index contributed by atoms with van der Waals surface area (Å²) < 4.78 is 13.0. The number of halogens is 1. The van der Waals surface area contributed by atoms with E-state index in [0.29, 0.717) is 6.54 Å². The highest BCUT2D eigenvalue weighted by molar-refractivity contribution is 4.75. The van der Waals surface area contributed by atoms with Crippen LogP contribution >= 0.6 is 0 Å². The second kappa shape index (κ2) is 2.87. The number of hydrogen-bond acceptors (Lipinski definition) is 1. The standard InChI is InChI=1S/C8H16FN/c1-8(2,9)7-10-5-3-4-6-10/h3-7H2,1-2H3. The molecular weight excluding hydrogens is 129 g/mol. The van der Waals surface area contributed by atoms with Crippen molar-refractivity contribution in [2.45, 2.75) is 32.4 Å². The van der Waals surface area contributed by atoms with Gasteiger partial charge in [0, 0.05) is 6.54 Å². The van der Waals surface area contributed by atoms with Gasteiger partial charge in [-0.05, 0) is 39.8 Å². The van der Waals surface area contributed by atoms with Crippen LogP contribution in [0, 0.1) is 0 Å². The lowest BCUT2D eigenvalue weighted by Gasteiger charge is -2.22. The Labute approximate surface area is 62.2 Å². The third-order valence-electron chi connectivity index (χ3n) is 1.80. The van der Waals surface area contributed by atoms with Gasteiger partial charge in [0.2, 0.25) is 0 Å². The average Bonchev–Trinajstić information content (AvgIpc) is 2.12. The zero-order valence-electron chi connectivity index (χ0n) is 6.86. The molecule has 0 spiro atoms. The topological polar surface area (TPSA) is 3.24 Å². The molecule has 0 aromatic carbocycles. The first kappa shape index (κ1) is 7.99. The van der Waals surface area contributed by atoms with Crippen LogP contribution in [0.1, 0.15) is 26.7 Å². The highest BCUT2D eigenvalue weighted by Crippen LogP contribution is 2.15. The Morgan fingerprint density at radius 2 is 1.80 bits per heavy atom. The minimum atomic E-state index is -1.01. The zero-order valence-corrected chi connectivity index (χ0v) is 6.86. The molecule has 1 aliphatic heterocycles. The van der Waals surface area contributed by atoms with Crippen molar-refractivity contribution in [3.05, 3.63) is 0 Å². The molecular formula is C8H16FN. The maximum atomic E-state index is 13.0. The van der Waals surface area contributed by atoms with E-state index in [1.54, 1.807) is 13.8 Å². The van der Waals surface area contributed by atoms with Gasteiger partial charge in [0.15, 0.2) is 0 Å². The Balaban J connectivity index is 2.24. The van der Waals surface area contributed by atoms with E-state index in [0.717, 1.165) is 13.1 Å². The van der Waals surface area contributed by atoms with Crippen LogP contribution in [-0.4, -0.2) is 30.2 Å². The first-order valence-corrected chi connectivity index (χ1v) is 3.99. The lowest BCUT2D eigenvalue weighted by Crippen LogP contribution is -2.33. The minimum Gasteiger partial charge on any atom is -0.300 e. The summed E-state index contributed by atoms with van der Waals surface area (Å²) in [7, 11) is 0. The molecule has 2 heteroatoms. The number of hydrogen-bond donors (Lipinski definition) is 0. The summed E-state index contributed by atoms with van der Waals surface area (Å²) >= 11 is 0. The fourth-order valence-electron chi connectivity index (χ4n) is 1.47. The molecule has 0 unspecified atom stereocenters. The molecule has 10 heavy (non-hydrogen) atoms. The van der Waals surface area contributed by atoms with Crippen LogP contribution in [-0.2, 0) is 0 Å². The van der Waals surface area contributed by atoms with Gasteiger partial charge in [-0.25, -0.2) is 4.39 Å². The molecule has 60 valence electrons. The number of likely N-dealkylation sites (tertiary alicyclic amines) is 1. The molecule has 1 nitrogen and oxygen atoms in total. The van der Waals surface area contributed by atoms with Crippen LogP contribution in [0.15, 0.2) is 0 Å². The Hall–Kier alpha value is -0.110. The predicted molar refractivity (Wildman–Crippen MR) is 40.9 cm³/mol. The molecule has 1 heterocycles. The smallest absolute Gasteiger partial charge is 0.118 e. The quantitative estimate of drug-likeness (QED) is 0.573. The van der Waals surface area contributed by atoms with Crippen LogP contribution in [0.2, 0.25) is 0 Å². The number of nitrogens with zero attached hydrogens (tertiary/aromatic N) is 1. The van der Waals surface area contributed by atoms with Gasteiger partial charge in [-0.2, -0.15) is 0 Å². The number of rotatable bonds is 2. The van der Waals surface area contributed by atoms with E-state index in [1.165, 1.54) is 12.8 Å². The minimum absolute atomic E-state index is 0.604. The Kier molecular flexibility index (Phi) is 2.29. The molecule has 1 fully saturated rings. The normalized spacial score (nSPS) is 21.9. The van der Waals surface area contributed by atoms with Crippen LogP contribution in [0.3, 0.4) is 0 Å². The van der Waals surface area contributed by atoms with Gasteiger partial charge in [-0.1, -0.05) is 0 Å². The molecule has 0 amide bonds. The molecule has 0 N–H and O–H groups in total. The molecule has 0 bridgehead atoms. The van der Waals surface area contributed by atoms with Crippen molar-refractivity contribution in [2.75, 3.05) is 19.6 Å². The fourth-order valence-corrected chi connectivity index (χ4v) is 1.47. The third-order valence-corrected chi connectivity index (χ3v) is 1.80. The van der Waals surface area contributed by atoms with Crippen molar-refractivity contribution in [1.29, 1.82) is 0 Å². The van der Waals surface area contributed by atoms with E-state index in [9.17, 15) is 4.39 Å². The molecule has 0 radical (unpaired) electrons. The van der Waals surface area contributed by atoms with Gasteiger partial charge in [0.25, 0.3) is 0 Å². The van der Waals surface area contributed by atoms with Crippen LogP contribution in [0.4, 0.5) is 4.39 Å². The highest BCUT2D eigenvalue weighted by Gasteiger charge is 2.22. The molecule has 1 aliphatic rings. The van der Waals surface area contributed by atoms with Crippen molar-refractivity contribution in [3.8, 4) is 0 Å². The van der Waals surface area contributed by atoms with Gasteiger partial charge in [-0.3, -0.25) is 0 Å². The first-order valence-electron chi connectivity index (χ1n) is 3.99. The SMILES string of the molecule is CC(C)(F)CN1CCCC1. The average molecular weight is 145 g/mol. The molecule has 0 aromatic rings. The summed E-state index contributed by atoms with van der Waals surface area (Å²) in [6.45, 7) is 6.07. The molecule has 1 saturated heterocycles. The molecule has 1 rings (SSSR count). The van der Waals surface area contributed by atoms with Gasteiger partial charge in [0.1, 0.15) is 5.67 Å². The summed E-state index contributed by atoms with van der Waals surface area (Å²) in [4.78, 5) is 2.19. The third kappa shape index (κ3) is 2.65. The monoisotopic (exact) mass is 145 g/mol. The Morgan fingerprint density at radius 3 is 2.20 bits per heavy atom.